The molecule has 0 aromatic carbocycles. The maximum atomic E-state index is 5.13. The average Bonchev–Trinajstić information content (AvgIpc) is 2.50. The maximum Gasteiger partial charge on any atom is 0.0982 e. The lowest BCUT2D eigenvalue weighted by Gasteiger charge is -1.99. The largest absolute Gasteiger partial charge is 0.472 e. The first-order valence-corrected chi connectivity index (χ1v) is 5.24. The lowest BCUT2D eigenvalue weighted by molar-refractivity contribution is 0.552. The van der Waals surface area contributed by atoms with Crippen molar-refractivity contribution in [1.82, 2.24) is 0 Å². The van der Waals surface area contributed by atoms with E-state index in [1.54, 1.807) is 6.26 Å². The number of fused-ring (bicyclic) bond motifs is 1. The highest BCUT2D eigenvalue weighted by molar-refractivity contribution is 7.97. The Morgan fingerprint density at radius 1 is 1.33 bits per heavy atom. The Morgan fingerprint density at radius 3 is 3.08 bits per heavy atom. The molecule has 2 aliphatic rings. The van der Waals surface area contributed by atoms with Gasteiger partial charge in [-0.3, -0.25) is 0 Å². The average molecular weight is 178 g/mol. The Bertz CT molecular complexity index is 340. The highest BCUT2D eigenvalue weighted by Crippen LogP contribution is 2.29. The van der Waals surface area contributed by atoms with Gasteiger partial charge >= 0.3 is 0 Å². The van der Waals surface area contributed by atoms with Crippen molar-refractivity contribution in [3.8, 4) is 11.1 Å². The van der Waals surface area contributed by atoms with E-state index in [2.05, 4.69) is 18.4 Å². The van der Waals surface area contributed by atoms with Gasteiger partial charge in [0.05, 0.1) is 12.5 Å². The van der Waals surface area contributed by atoms with Gasteiger partial charge in [0.1, 0.15) is 0 Å². The summed E-state index contributed by atoms with van der Waals surface area (Å²) in [6.07, 6.45) is 5.64. The standard InChI is InChI=1S/C10H10OS/c1-12-7-9-3-2-8-4-5-11-6-10(8)9/h2-6H,7H2,1H3. The second-order valence-corrected chi connectivity index (χ2v) is 3.58. The van der Waals surface area contributed by atoms with Gasteiger partial charge in [0.15, 0.2) is 0 Å². The van der Waals surface area contributed by atoms with E-state index in [0.717, 1.165) is 5.75 Å². The molecule has 0 atom stereocenters. The van der Waals surface area contributed by atoms with Gasteiger partial charge in [-0.25, -0.2) is 0 Å². The Balaban J connectivity index is 2.45. The maximum absolute atomic E-state index is 5.13. The molecule has 1 aliphatic heterocycles. The molecule has 0 amide bonds. The van der Waals surface area contributed by atoms with Crippen LogP contribution >= 0.6 is 11.8 Å². The van der Waals surface area contributed by atoms with E-state index >= 15 is 0 Å². The van der Waals surface area contributed by atoms with Crippen molar-refractivity contribution < 1.29 is 4.42 Å². The topological polar surface area (TPSA) is 13.1 Å². The molecule has 0 radical (unpaired) electrons. The minimum atomic E-state index is 1.06. The van der Waals surface area contributed by atoms with Crippen LogP contribution in [-0.4, -0.2) is 6.26 Å². The number of rotatable bonds is 2. The molecule has 1 nitrogen and oxygen atoms in total. The number of hydrogen-bond donors (Lipinski definition) is 0. The molecule has 0 aromatic rings. The highest BCUT2D eigenvalue weighted by atomic mass is 32.2. The zero-order valence-corrected chi connectivity index (χ0v) is 7.73. The summed E-state index contributed by atoms with van der Waals surface area (Å²) in [5.41, 5.74) is 3.87. The van der Waals surface area contributed by atoms with Crippen LogP contribution in [0.1, 0.15) is 5.56 Å². The quantitative estimate of drug-likeness (QED) is 0.700. The van der Waals surface area contributed by atoms with Crippen LogP contribution in [0.25, 0.3) is 11.1 Å². The summed E-state index contributed by atoms with van der Waals surface area (Å²) in [7, 11) is 0. The van der Waals surface area contributed by atoms with E-state index in [4.69, 9.17) is 4.42 Å². The molecule has 0 saturated heterocycles. The summed E-state index contributed by atoms with van der Waals surface area (Å²) >= 11 is 1.83. The smallest absolute Gasteiger partial charge is 0.0982 e. The van der Waals surface area contributed by atoms with E-state index in [1.807, 2.05) is 24.1 Å². The fourth-order valence-corrected chi connectivity index (χ4v) is 1.91. The van der Waals surface area contributed by atoms with Crippen molar-refractivity contribution in [1.29, 1.82) is 0 Å². The third kappa shape index (κ3) is 1.23. The SMILES string of the molecule is CSCc1ccc2ccocc1-2. The lowest BCUT2D eigenvalue weighted by atomic mass is 10.1. The van der Waals surface area contributed by atoms with Gasteiger partial charge in [0, 0.05) is 11.3 Å². The molecule has 62 valence electrons. The number of thioether (sulfide) groups is 1. The van der Waals surface area contributed by atoms with Crippen LogP contribution in [-0.2, 0) is 5.75 Å². The van der Waals surface area contributed by atoms with Crippen LogP contribution in [0.5, 0.6) is 0 Å². The monoisotopic (exact) mass is 178 g/mol. The second kappa shape index (κ2) is 3.23. The normalized spacial score (nSPS) is 10.8. The van der Waals surface area contributed by atoms with Crippen LogP contribution in [0.4, 0.5) is 0 Å². The van der Waals surface area contributed by atoms with Gasteiger partial charge in [0.2, 0.25) is 0 Å². The molecular formula is C10H10OS. The number of hydrogen-bond acceptors (Lipinski definition) is 2. The molecule has 0 N–H and O–H groups in total. The summed E-state index contributed by atoms with van der Waals surface area (Å²) in [6.45, 7) is 0. The fraction of sp³-hybridized carbons (Fsp3) is 0.200. The van der Waals surface area contributed by atoms with Crippen molar-refractivity contribution in [2.75, 3.05) is 6.26 Å². The second-order valence-electron chi connectivity index (χ2n) is 2.72. The molecule has 1 heterocycles. The molecular weight excluding hydrogens is 168 g/mol. The highest BCUT2D eigenvalue weighted by Gasteiger charge is 2.07. The van der Waals surface area contributed by atoms with Crippen molar-refractivity contribution >= 4 is 11.8 Å². The van der Waals surface area contributed by atoms with Gasteiger partial charge in [-0.1, -0.05) is 12.1 Å². The van der Waals surface area contributed by atoms with Crippen molar-refractivity contribution in [3.05, 3.63) is 36.3 Å². The molecule has 0 saturated carbocycles. The first-order chi connectivity index (χ1) is 5.92. The predicted molar refractivity (Wildman–Crippen MR) is 52.5 cm³/mol. The zero-order chi connectivity index (χ0) is 8.39. The first-order valence-electron chi connectivity index (χ1n) is 3.84. The molecule has 0 fully saturated rings. The zero-order valence-electron chi connectivity index (χ0n) is 6.91. The Hall–Kier alpha value is -0.890. The summed E-state index contributed by atoms with van der Waals surface area (Å²) in [4.78, 5) is 0. The lowest BCUT2D eigenvalue weighted by Crippen LogP contribution is -1.79. The third-order valence-electron chi connectivity index (χ3n) is 1.93. The fourth-order valence-electron chi connectivity index (χ4n) is 1.35. The summed E-state index contributed by atoms with van der Waals surface area (Å²) in [6, 6.07) is 6.30. The molecule has 1 aliphatic carbocycles. The van der Waals surface area contributed by atoms with Crippen LogP contribution in [0.15, 0.2) is 35.1 Å². The minimum Gasteiger partial charge on any atom is -0.472 e. The van der Waals surface area contributed by atoms with Gasteiger partial charge in [-0.15, -0.1) is 0 Å². The summed E-state index contributed by atoms with van der Waals surface area (Å²) in [5.74, 6) is 1.06. The molecule has 0 spiro atoms. The van der Waals surface area contributed by atoms with Gasteiger partial charge in [-0.05, 0) is 23.4 Å². The van der Waals surface area contributed by atoms with E-state index in [0.29, 0.717) is 0 Å². The van der Waals surface area contributed by atoms with Crippen molar-refractivity contribution in [2.45, 2.75) is 5.75 Å². The molecule has 2 rings (SSSR count). The van der Waals surface area contributed by atoms with Crippen LogP contribution < -0.4 is 0 Å². The first kappa shape index (κ1) is 7.74. The Labute approximate surface area is 76.1 Å². The van der Waals surface area contributed by atoms with E-state index in [1.165, 1.54) is 16.7 Å². The molecule has 2 heteroatoms. The van der Waals surface area contributed by atoms with Crippen LogP contribution in [0, 0.1) is 0 Å². The molecule has 0 aromatic heterocycles. The van der Waals surface area contributed by atoms with Gasteiger partial charge in [0.25, 0.3) is 0 Å². The molecule has 0 bridgehead atoms. The van der Waals surface area contributed by atoms with E-state index < -0.39 is 0 Å². The van der Waals surface area contributed by atoms with Crippen LogP contribution in [0.2, 0.25) is 0 Å². The van der Waals surface area contributed by atoms with E-state index in [-0.39, 0.29) is 0 Å². The Kier molecular flexibility index (Phi) is 2.09. The molecule has 12 heavy (non-hydrogen) atoms. The summed E-state index contributed by atoms with van der Waals surface area (Å²) in [5, 5.41) is 0. The van der Waals surface area contributed by atoms with Gasteiger partial charge < -0.3 is 4.42 Å². The summed E-state index contributed by atoms with van der Waals surface area (Å²) < 4.78 is 5.13. The van der Waals surface area contributed by atoms with Crippen molar-refractivity contribution in [2.24, 2.45) is 0 Å². The predicted octanol–water partition coefficient (Wildman–Crippen LogP) is 3.25. The van der Waals surface area contributed by atoms with Crippen LogP contribution in [0.3, 0.4) is 0 Å². The minimum absolute atomic E-state index is 1.06. The van der Waals surface area contributed by atoms with Gasteiger partial charge in [-0.2, -0.15) is 11.8 Å². The Morgan fingerprint density at radius 2 is 2.25 bits per heavy atom. The van der Waals surface area contributed by atoms with Crippen molar-refractivity contribution in [3.63, 3.8) is 0 Å². The third-order valence-corrected chi connectivity index (χ3v) is 2.53. The molecule has 0 unspecified atom stereocenters. The van der Waals surface area contributed by atoms with E-state index in [9.17, 15) is 0 Å².